The zero-order valence-corrected chi connectivity index (χ0v) is 15.0. The lowest BCUT2D eigenvalue weighted by Gasteiger charge is -2.21. The van der Waals surface area contributed by atoms with Crippen LogP contribution in [0.3, 0.4) is 0 Å². The van der Waals surface area contributed by atoms with Crippen molar-refractivity contribution in [3.8, 4) is 0 Å². The van der Waals surface area contributed by atoms with Crippen molar-refractivity contribution in [1.29, 1.82) is 0 Å². The Morgan fingerprint density at radius 2 is 1.88 bits per heavy atom. The van der Waals surface area contributed by atoms with Crippen molar-refractivity contribution in [2.24, 2.45) is 11.7 Å². The highest BCUT2D eigenvalue weighted by molar-refractivity contribution is 7.98. The molecule has 0 saturated heterocycles. The summed E-state index contributed by atoms with van der Waals surface area (Å²) in [4.78, 5) is 24.4. The lowest BCUT2D eigenvalue weighted by molar-refractivity contribution is -0.120. The fourth-order valence-corrected chi connectivity index (χ4v) is 3.38. The van der Waals surface area contributed by atoms with Gasteiger partial charge in [-0.05, 0) is 49.5 Å². The van der Waals surface area contributed by atoms with Crippen LogP contribution >= 0.6 is 11.8 Å². The van der Waals surface area contributed by atoms with Crippen LogP contribution in [0.1, 0.15) is 38.5 Å². The molecule has 5 nitrogen and oxygen atoms in total. The van der Waals surface area contributed by atoms with Crippen molar-refractivity contribution in [3.05, 3.63) is 24.3 Å². The fraction of sp³-hybridized carbons (Fsp3) is 0.556. The number of carbonyl (C=O) groups is 2. The van der Waals surface area contributed by atoms with Crippen molar-refractivity contribution in [2.75, 3.05) is 22.6 Å². The number of hydrogen-bond donors (Lipinski definition) is 3. The molecule has 0 bridgehead atoms. The van der Waals surface area contributed by atoms with Gasteiger partial charge in [-0.2, -0.15) is 11.8 Å². The van der Waals surface area contributed by atoms with E-state index < -0.39 is 6.04 Å². The van der Waals surface area contributed by atoms with E-state index in [1.165, 1.54) is 6.42 Å². The van der Waals surface area contributed by atoms with E-state index in [4.69, 9.17) is 5.73 Å². The Balaban J connectivity index is 1.90. The highest BCUT2D eigenvalue weighted by Gasteiger charge is 2.21. The van der Waals surface area contributed by atoms with Gasteiger partial charge in [-0.3, -0.25) is 9.59 Å². The van der Waals surface area contributed by atoms with E-state index in [-0.39, 0.29) is 17.7 Å². The molecule has 1 saturated carbocycles. The minimum absolute atomic E-state index is 0.0786. The van der Waals surface area contributed by atoms with Gasteiger partial charge in [0.2, 0.25) is 11.8 Å². The van der Waals surface area contributed by atoms with Crippen LogP contribution in [0, 0.1) is 5.92 Å². The molecule has 132 valence electrons. The van der Waals surface area contributed by atoms with Crippen molar-refractivity contribution in [1.82, 2.24) is 0 Å². The zero-order valence-electron chi connectivity index (χ0n) is 14.2. The first-order valence-electron chi connectivity index (χ1n) is 8.56. The molecule has 2 amide bonds. The second-order valence-corrected chi connectivity index (χ2v) is 7.27. The maximum atomic E-state index is 12.3. The molecule has 1 aliphatic rings. The standard InChI is InChI=1S/C18H27N3O2S/c1-24-11-10-16(19)18(23)21-15-9-5-8-14(12-15)20-17(22)13-6-3-2-4-7-13/h5,8-9,12-13,16H,2-4,6-7,10-11,19H2,1H3,(H,20,22)(H,21,23)/t16-/m0/s1. The number of benzene rings is 1. The molecule has 0 heterocycles. The molecule has 1 atom stereocenters. The second kappa shape index (κ2) is 9.69. The molecule has 1 aliphatic carbocycles. The predicted octanol–water partition coefficient (Wildman–Crippen LogP) is 3.22. The number of anilines is 2. The summed E-state index contributed by atoms with van der Waals surface area (Å²) in [7, 11) is 0. The van der Waals surface area contributed by atoms with Gasteiger partial charge in [-0.25, -0.2) is 0 Å². The molecule has 24 heavy (non-hydrogen) atoms. The van der Waals surface area contributed by atoms with E-state index in [1.807, 2.05) is 18.4 Å². The molecule has 1 aromatic carbocycles. The summed E-state index contributed by atoms with van der Waals surface area (Å²) in [6.45, 7) is 0. The molecular weight excluding hydrogens is 322 g/mol. The maximum absolute atomic E-state index is 12.3. The average molecular weight is 350 g/mol. The first kappa shape index (κ1) is 18.8. The van der Waals surface area contributed by atoms with Gasteiger partial charge < -0.3 is 16.4 Å². The van der Waals surface area contributed by atoms with Crippen molar-refractivity contribution in [2.45, 2.75) is 44.6 Å². The van der Waals surface area contributed by atoms with Crippen LogP contribution in [-0.4, -0.2) is 29.9 Å². The summed E-state index contributed by atoms with van der Waals surface area (Å²) >= 11 is 1.67. The lowest BCUT2D eigenvalue weighted by atomic mass is 9.88. The predicted molar refractivity (Wildman–Crippen MR) is 101 cm³/mol. The molecule has 1 aromatic rings. The average Bonchev–Trinajstić information content (AvgIpc) is 2.60. The molecule has 1 fully saturated rings. The molecular formula is C18H27N3O2S. The topological polar surface area (TPSA) is 84.2 Å². The Labute approximate surface area is 148 Å². The summed E-state index contributed by atoms with van der Waals surface area (Å²) in [5.41, 5.74) is 7.24. The smallest absolute Gasteiger partial charge is 0.241 e. The Kier molecular flexibility index (Phi) is 7.59. The Morgan fingerprint density at radius 3 is 2.54 bits per heavy atom. The number of rotatable bonds is 7. The van der Waals surface area contributed by atoms with Gasteiger partial charge in [0.1, 0.15) is 0 Å². The van der Waals surface area contributed by atoms with E-state index in [2.05, 4.69) is 10.6 Å². The number of thioether (sulfide) groups is 1. The summed E-state index contributed by atoms with van der Waals surface area (Å²) in [6, 6.07) is 6.72. The minimum Gasteiger partial charge on any atom is -0.326 e. The fourth-order valence-electron chi connectivity index (χ4n) is 2.89. The number of amides is 2. The van der Waals surface area contributed by atoms with Gasteiger partial charge in [-0.15, -0.1) is 0 Å². The van der Waals surface area contributed by atoms with Crippen molar-refractivity contribution < 1.29 is 9.59 Å². The van der Waals surface area contributed by atoms with E-state index in [0.717, 1.165) is 31.4 Å². The van der Waals surface area contributed by atoms with E-state index >= 15 is 0 Å². The molecule has 0 aliphatic heterocycles. The highest BCUT2D eigenvalue weighted by Crippen LogP contribution is 2.25. The summed E-state index contributed by atoms with van der Waals surface area (Å²) in [5, 5.41) is 5.78. The number of nitrogens with two attached hydrogens (primary N) is 1. The molecule has 6 heteroatoms. The summed E-state index contributed by atoms with van der Waals surface area (Å²) in [5.74, 6) is 0.845. The number of nitrogens with one attached hydrogen (secondary N) is 2. The summed E-state index contributed by atoms with van der Waals surface area (Å²) in [6.07, 6.45) is 8.04. The van der Waals surface area contributed by atoms with Crippen LogP contribution in [-0.2, 0) is 9.59 Å². The maximum Gasteiger partial charge on any atom is 0.241 e. The van der Waals surface area contributed by atoms with Crippen LogP contribution in [0.2, 0.25) is 0 Å². The van der Waals surface area contributed by atoms with Crippen molar-refractivity contribution >= 4 is 35.0 Å². The highest BCUT2D eigenvalue weighted by atomic mass is 32.2. The van der Waals surface area contributed by atoms with Gasteiger partial charge in [0.15, 0.2) is 0 Å². The third-order valence-electron chi connectivity index (χ3n) is 4.34. The lowest BCUT2D eigenvalue weighted by Crippen LogP contribution is -2.36. The first-order chi connectivity index (χ1) is 11.6. The molecule has 2 rings (SSSR count). The number of hydrogen-bond acceptors (Lipinski definition) is 4. The van der Waals surface area contributed by atoms with Crippen LogP contribution in [0.15, 0.2) is 24.3 Å². The van der Waals surface area contributed by atoms with Gasteiger partial charge >= 0.3 is 0 Å². The van der Waals surface area contributed by atoms with Gasteiger partial charge in [0.25, 0.3) is 0 Å². The monoisotopic (exact) mass is 349 g/mol. The summed E-state index contributed by atoms with van der Waals surface area (Å²) < 4.78 is 0. The Hall–Kier alpha value is -1.53. The van der Waals surface area contributed by atoms with Crippen LogP contribution in [0.25, 0.3) is 0 Å². The van der Waals surface area contributed by atoms with Crippen molar-refractivity contribution in [3.63, 3.8) is 0 Å². The third-order valence-corrected chi connectivity index (χ3v) is 4.99. The van der Waals surface area contributed by atoms with E-state index in [1.54, 1.807) is 23.9 Å². The van der Waals surface area contributed by atoms with Crippen LogP contribution in [0.5, 0.6) is 0 Å². The van der Waals surface area contributed by atoms with Gasteiger partial charge in [0.05, 0.1) is 6.04 Å². The van der Waals surface area contributed by atoms with Gasteiger partial charge in [0, 0.05) is 17.3 Å². The molecule has 0 spiro atoms. The second-order valence-electron chi connectivity index (χ2n) is 6.28. The SMILES string of the molecule is CSCC[C@H](N)C(=O)Nc1cccc(NC(=O)C2CCCCC2)c1. The van der Waals surface area contributed by atoms with Crippen LogP contribution in [0.4, 0.5) is 11.4 Å². The largest absolute Gasteiger partial charge is 0.326 e. The van der Waals surface area contributed by atoms with Gasteiger partial charge in [-0.1, -0.05) is 25.3 Å². The van der Waals surface area contributed by atoms with E-state index in [9.17, 15) is 9.59 Å². The quantitative estimate of drug-likeness (QED) is 0.706. The molecule has 4 N–H and O–H groups in total. The third kappa shape index (κ3) is 5.83. The minimum atomic E-state index is -0.516. The molecule has 0 radical (unpaired) electrons. The van der Waals surface area contributed by atoms with Crippen LogP contribution < -0.4 is 16.4 Å². The normalized spacial score (nSPS) is 16.4. The first-order valence-corrected chi connectivity index (χ1v) is 9.96. The zero-order chi connectivity index (χ0) is 17.4. The number of carbonyl (C=O) groups excluding carboxylic acids is 2. The Bertz CT molecular complexity index is 559. The molecule has 0 unspecified atom stereocenters. The molecule has 0 aromatic heterocycles. The Morgan fingerprint density at radius 1 is 1.21 bits per heavy atom. The van der Waals surface area contributed by atoms with E-state index in [0.29, 0.717) is 17.8 Å².